The summed E-state index contributed by atoms with van der Waals surface area (Å²) in [6, 6.07) is 13.1. The minimum Gasteiger partial charge on any atom is -0.481 e. The topological polar surface area (TPSA) is 58.6 Å². The van der Waals surface area contributed by atoms with Gasteiger partial charge in [0.05, 0.1) is 0 Å². The molecule has 1 N–H and O–H groups in total. The number of benzene rings is 2. The normalized spacial score (nSPS) is 11.8. The molecule has 0 spiro atoms. The van der Waals surface area contributed by atoms with Crippen molar-refractivity contribution in [3.05, 3.63) is 65.5 Å². The van der Waals surface area contributed by atoms with Crippen molar-refractivity contribution in [1.82, 2.24) is 10.2 Å². The second kappa shape index (κ2) is 11.3. The van der Waals surface area contributed by atoms with E-state index in [0.717, 1.165) is 11.1 Å². The molecule has 2 aromatic carbocycles. The molecule has 5 nitrogen and oxygen atoms in total. The summed E-state index contributed by atoms with van der Waals surface area (Å²) < 4.78 is 19.3. The van der Waals surface area contributed by atoms with Gasteiger partial charge in [0.2, 0.25) is 5.91 Å². The summed E-state index contributed by atoms with van der Waals surface area (Å²) in [5, 5.41) is 2.91. The van der Waals surface area contributed by atoms with Crippen molar-refractivity contribution in [2.75, 3.05) is 13.2 Å². The van der Waals surface area contributed by atoms with Crippen LogP contribution in [0.3, 0.4) is 0 Å². The summed E-state index contributed by atoms with van der Waals surface area (Å²) in [7, 11) is 0. The van der Waals surface area contributed by atoms with Crippen LogP contribution in [-0.4, -0.2) is 35.9 Å². The highest BCUT2D eigenvalue weighted by Crippen LogP contribution is 2.17. The van der Waals surface area contributed by atoms with Crippen LogP contribution in [0.25, 0.3) is 0 Å². The molecule has 0 aliphatic rings. The van der Waals surface area contributed by atoms with Crippen LogP contribution in [-0.2, 0) is 16.1 Å². The maximum absolute atomic E-state index is 13.8. The van der Waals surface area contributed by atoms with Crippen molar-refractivity contribution in [3.63, 3.8) is 0 Å². The first kappa shape index (κ1) is 23.4. The number of nitrogens with one attached hydrogen (secondary N) is 1. The smallest absolute Gasteiger partial charge is 0.261 e. The van der Waals surface area contributed by atoms with Gasteiger partial charge in [0, 0.05) is 13.1 Å². The van der Waals surface area contributed by atoms with Gasteiger partial charge in [0.15, 0.2) is 18.2 Å². The molecule has 0 saturated heterocycles. The molecular weight excluding hydrogens is 383 g/mol. The van der Waals surface area contributed by atoms with Gasteiger partial charge in [0.25, 0.3) is 5.91 Å². The third-order valence-corrected chi connectivity index (χ3v) is 4.69. The number of para-hydroxylation sites is 1. The lowest BCUT2D eigenvalue weighted by Crippen LogP contribution is -2.50. The third-order valence-electron chi connectivity index (χ3n) is 4.69. The molecule has 0 saturated carbocycles. The van der Waals surface area contributed by atoms with E-state index in [2.05, 4.69) is 5.32 Å². The predicted molar refractivity (Wildman–Crippen MR) is 116 cm³/mol. The average Bonchev–Trinajstić information content (AvgIpc) is 2.71. The molecule has 2 rings (SSSR count). The zero-order valence-corrected chi connectivity index (χ0v) is 18.2. The molecule has 0 bridgehead atoms. The van der Waals surface area contributed by atoms with Crippen molar-refractivity contribution < 1.29 is 18.7 Å². The molecule has 0 fully saturated rings. The molecule has 1 atom stereocenters. The fourth-order valence-electron chi connectivity index (χ4n) is 3.13. The molecule has 0 aliphatic carbocycles. The van der Waals surface area contributed by atoms with E-state index in [1.165, 1.54) is 17.0 Å². The van der Waals surface area contributed by atoms with Crippen LogP contribution in [0.2, 0.25) is 0 Å². The summed E-state index contributed by atoms with van der Waals surface area (Å²) in [6.07, 6.45) is 0.460. The van der Waals surface area contributed by atoms with Crippen LogP contribution in [0.15, 0.2) is 48.5 Å². The van der Waals surface area contributed by atoms with Gasteiger partial charge < -0.3 is 15.0 Å². The highest BCUT2D eigenvalue weighted by Gasteiger charge is 2.29. The Morgan fingerprint density at radius 2 is 1.87 bits per heavy atom. The van der Waals surface area contributed by atoms with E-state index < -0.39 is 11.9 Å². The molecule has 30 heavy (non-hydrogen) atoms. The van der Waals surface area contributed by atoms with E-state index in [9.17, 15) is 14.0 Å². The van der Waals surface area contributed by atoms with Crippen LogP contribution in [0.5, 0.6) is 5.75 Å². The molecule has 0 aliphatic heterocycles. The predicted octanol–water partition coefficient (Wildman–Crippen LogP) is 4.09. The van der Waals surface area contributed by atoms with Crippen molar-refractivity contribution >= 4 is 11.8 Å². The van der Waals surface area contributed by atoms with Gasteiger partial charge in [-0.1, -0.05) is 62.7 Å². The number of amides is 2. The third kappa shape index (κ3) is 6.87. The fourth-order valence-corrected chi connectivity index (χ4v) is 3.13. The van der Waals surface area contributed by atoms with Gasteiger partial charge in [-0.3, -0.25) is 9.59 Å². The fraction of sp³-hybridized carbons (Fsp3) is 0.417. The number of hydrogen-bond donors (Lipinski definition) is 1. The average molecular weight is 415 g/mol. The first-order valence-corrected chi connectivity index (χ1v) is 10.3. The highest BCUT2D eigenvalue weighted by atomic mass is 19.1. The van der Waals surface area contributed by atoms with Crippen LogP contribution < -0.4 is 10.1 Å². The Labute approximate surface area is 178 Å². The molecule has 0 heterocycles. The SMILES string of the molecule is CC[C@@H](C(=O)NCC(C)C)N(Cc1cccc(C)c1)C(=O)COc1ccccc1F. The van der Waals surface area contributed by atoms with Crippen LogP contribution >= 0.6 is 0 Å². The molecule has 0 radical (unpaired) electrons. The number of carbonyl (C=O) groups excluding carboxylic acids is 2. The minimum atomic E-state index is -0.638. The first-order chi connectivity index (χ1) is 14.3. The maximum atomic E-state index is 13.8. The lowest BCUT2D eigenvalue weighted by Gasteiger charge is -2.31. The summed E-state index contributed by atoms with van der Waals surface area (Å²) in [4.78, 5) is 27.4. The van der Waals surface area contributed by atoms with Crippen LogP contribution in [0.4, 0.5) is 4.39 Å². The van der Waals surface area contributed by atoms with Gasteiger partial charge >= 0.3 is 0 Å². The zero-order valence-electron chi connectivity index (χ0n) is 18.2. The lowest BCUT2D eigenvalue weighted by atomic mass is 10.1. The standard InChI is InChI=1S/C24H31FN2O3/c1-5-21(24(29)26-14-17(2)3)27(15-19-10-8-9-18(4)13-19)23(28)16-30-22-12-7-6-11-20(22)25/h6-13,17,21H,5,14-16H2,1-4H3,(H,26,29)/t21-/m0/s1. The Balaban J connectivity index is 2.21. The summed E-state index contributed by atoms with van der Waals surface area (Å²) in [5.41, 5.74) is 1.99. The first-order valence-electron chi connectivity index (χ1n) is 10.3. The maximum Gasteiger partial charge on any atom is 0.261 e. The van der Waals surface area contributed by atoms with Crippen LogP contribution in [0.1, 0.15) is 38.3 Å². The van der Waals surface area contributed by atoms with E-state index in [1.807, 2.05) is 52.0 Å². The van der Waals surface area contributed by atoms with Gasteiger partial charge in [-0.2, -0.15) is 0 Å². The number of carbonyl (C=O) groups is 2. The van der Waals surface area contributed by atoms with Crippen molar-refractivity contribution in [2.24, 2.45) is 5.92 Å². The van der Waals surface area contributed by atoms with Gasteiger partial charge in [-0.15, -0.1) is 0 Å². The number of hydrogen-bond acceptors (Lipinski definition) is 3. The highest BCUT2D eigenvalue weighted by molar-refractivity contribution is 5.88. The van der Waals surface area contributed by atoms with E-state index >= 15 is 0 Å². The van der Waals surface area contributed by atoms with Gasteiger partial charge in [-0.05, 0) is 37.0 Å². The molecule has 0 aromatic heterocycles. The molecule has 162 valence electrons. The molecule has 2 aromatic rings. The monoisotopic (exact) mass is 414 g/mol. The molecular formula is C24H31FN2O3. The Hall–Kier alpha value is -2.89. The summed E-state index contributed by atoms with van der Waals surface area (Å²) in [6.45, 7) is 8.33. The Morgan fingerprint density at radius 3 is 2.50 bits per heavy atom. The van der Waals surface area contributed by atoms with Crippen molar-refractivity contribution in [1.29, 1.82) is 0 Å². The van der Waals surface area contributed by atoms with Crippen LogP contribution in [0, 0.1) is 18.7 Å². The number of aryl methyl sites for hydroxylation is 1. The number of halogens is 1. The van der Waals surface area contributed by atoms with Gasteiger partial charge in [0.1, 0.15) is 6.04 Å². The van der Waals surface area contributed by atoms with E-state index in [-0.39, 0.29) is 30.7 Å². The van der Waals surface area contributed by atoms with E-state index in [4.69, 9.17) is 4.74 Å². The van der Waals surface area contributed by atoms with E-state index in [1.54, 1.807) is 12.1 Å². The van der Waals surface area contributed by atoms with E-state index in [0.29, 0.717) is 18.9 Å². The second-order valence-electron chi connectivity index (χ2n) is 7.79. The minimum absolute atomic E-state index is 0.0127. The number of nitrogens with zero attached hydrogens (tertiary/aromatic N) is 1. The molecule has 2 amide bonds. The molecule has 0 unspecified atom stereocenters. The summed E-state index contributed by atoms with van der Waals surface area (Å²) >= 11 is 0. The quantitative estimate of drug-likeness (QED) is 0.637. The number of ether oxygens (including phenoxy) is 1. The van der Waals surface area contributed by atoms with Crippen molar-refractivity contribution in [2.45, 2.75) is 46.7 Å². The molecule has 6 heteroatoms. The Morgan fingerprint density at radius 1 is 1.13 bits per heavy atom. The largest absolute Gasteiger partial charge is 0.481 e. The summed E-state index contributed by atoms with van der Waals surface area (Å²) in [5.74, 6) is -0.780. The lowest BCUT2D eigenvalue weighted by molar-refractivity contribution is -0.143. The Bertz CT molecular complexity index is 854. The van der Waals surface area contributed by atoms with Gasteiger partial charge in [-0.25, -0.2) is 4.39 Å². The van der Waals surface area contributed by atoms with Crippen molar-refractivity contribution in [3.8, 4) is 5.75 Å². The number of rotatable bonds is 10. The zero-order chi connectivity index (χ0) is 22.1. The second-order valence-corrected chi connectivity index (χ2v) is 7.79. The Kier molecular flexibility index (Phi) is 8.84.